The lowest BCUT2D eigenvalue weighted by Crippen LogP contribution is -2.39. The normalized spacial score (nSPS) is 11.7. The Balaban J connectivity index is 0. The molecule has 0 aliphatic heterocycles. The van der Waals surface area contributed by atoms with Gasteiger partial charge in [0, 0.05) is 12.0 Å². The van der Waals surface area contributed by atoms with Crippen LogP contribution < -0.4 is 5.73 Å². The molecule has 0 heterocycles. The molecule has 0 saturated heterocycles. The van der Waals surface area contributed by atoms with E-state index >= 15 is 0 Å². The van der Waals surface area contributed by atoms with Crippen molar-refractivity contribution in [3.63, 3.8) is 0 Å². The number of aliphatic hydroxyl groups excluding tert-OH is 3. The zero-order valence-corrected chi connectivity index (χ0v) is 13.5. The van der Waals surface area contributed by atoms with E-state index in [2.05, 4.69) is 6.58 Å². The van der Waals surface area contributed by atoms with Gasteiger partial charge in [-0.15, -0.1) is 0 Å². The minimum atomic E-state index is -1.18. The van der Waals surface area contributed by atoms with Gasteiger partial charge >= 0.3 is 17.9 Å². The van der Waals surface area contributed by atoms with Crippen LogP contribution in [-0.2, 0) is 19.1 Å². The summed E-state index contributed by atoms with van der Waals surface area (Å²) in [6, 6.07) is -1.06. The van der Waals surface area contributed by atoms with Crippen molar-refractivity contribution < 1.29 is 44.7 Å². The number of hydrogen-bond donors (Lipinski definition) is 6. The predicted molar refractivity (Wildman–Crippen MR) is 81.9 cm³/mol. The van der Waals surface area contributed by atoms with Crippen LogP contribution in [0.4, 0.5) is 0 Å². The summed E-state index contributed by atoms with van der Waals surface area (Å²) >= 11 is 0. The Kier molecular flexibility index (Phi) is 12.5. The van der Waals surface area contributed by atoms with Crippen molar-refractivity contribution in [2.75, 3.05) is 26.4 Å². The zero-order valence-electron chi connectivity index (χ0n) is 13.5. The SMILES string of the molecule is C=C(C)C(=O)OCC(CO)(CO)CO.N[C@@H](CCC(=O)O)C(=O)O. The fraction of sp³-hybridized carbons (Fsp3) is 0.643. The second-order valence-electron chi connectivity index (χ2n) is 5.21. The lowest BCUT2D eigenvalue weighted by molar-refractivity contribution is -0.146. The highest BCUT2D eigenvalue weighted by atomic mass is 16.5. The Morgan fingerprint density at radius 3 is 1.88 bits per heavy atom. The summed E-state index contributed by atoms with van der Waals surface area (Å²) in [5.74, 6) is -2.80. The largest absolute Gasteiger partial charge is 0.481 e. The van der Waals surface area contributed by atoms with Gasteiger partial charge < -0.3 is 36.0 Å². The van der Waals surface area contributed by atoms with Crippen molar-refractivity contribution in [1.29, 1.82) is 0 Å². The minimum absolute atomic E-state index is 0.0231. The number of aliphatic hydroxyl groups is 3. The van der Waals surface area contributed by atoms with E-state index in [9.17, 15) is 14.4 Å². The summed E-state index contributed by atoms with van der Waals surface area (Å²) < 4.78 is 4.72. The first-order valence-electron chi connectivity index (χ1n) is 6.90. The molecule has 10 heteroatoms. The quantitative estimate of drug-likeness (QED) is 0.196. The van der Waals surface area contributed by atoms with Crippen molar-refractivity contribution in [1.82, 2.24) is 0 Å². The number of carboxylic acid groups (broad SMARTS) is 2. The molecule has 1 atom stereocenters. The second-order valence-corrected chi connectivity index (χ2v) is 5.21. The Morgan fingerprint density at radius 2 is 1.58 bits per heavy atom. The fourth-order valence-electron chi connectivity index (χ4n) is 1.03. The number of nitrogens with two attached hydrogens (primary N) is 1. The summed E-state index contributed by atoms with van der Waals surface area (Å²) in [6.07, 6.45) is -0.224. The molecule has 0 rings (SSSR count). The number of esters is 1. The molecule has 0 bridgehead atoms. The van der Waals surface area contributed by atoms with Crippen molar-refractivity contribution >= 4 is 17.9 Å². The molecule has 0 saturated carbocycles. The van der Waals surface area contributed by atoms with Crippen molar-refractivity contribution in [3.05, 3.63) is 12.2 Å². The third kappa shape index (κ3) is 10.7. The molecular weight excluding hydrogens is 326 g/mol. The van der Waals surface area contributed by atoms with E-state index < -0.39 is 49.2 Å². The molecule has 0 aromatic rings. The smallest absolute Gasteiger partial charge is 0.333 e. The van der Waals surface area contributed by atoms with Crippen LogP contribution in [0.25, 0.3) is 0 Å². The molecule has 24 heavy (non-hydrogen) atoms. The lowest BCUT2D eigenvalue weighted by atomic mass is 9.93. The maximum atomic E-state index is 11.0. The van der Waals surface area contributed by atoms with Gasteiger partial charge in [-0.3, -0.25) is 9.59 Å². The summed E-state index contributed by atoms with van der Waals surface area (Å²) in [4.78, 5) is 30.8. The van der Waals surface area contributed by atoms with Crippen LogP contribution in [0.15, 0.2) is 12.2 Å². The average molecular weight is 351 g/mol. The molecule has 0 radical (unpaired) electrons. The number of carbonyl (C=O) groups excluding carboxylic acids is 1. The summed E-state index contributed by atoms with van der Waals surface area (Å²) in [6.45, 7) is 3.26. The number of carboxylic acids is 2. The first-order chi connectivity index (χ1) is 11.0. The Morgan fingerprint density at radius 1 is 1.12 bits per heavy atom. The van der Waals surface area contributed by atoms with E-state index in [1.54, 1.807) is 0 Å². The predicted octanol–water partition coefficient (Wildman–Crippen LogP) is -1.67. The first kappa shape index (κ1) is 24.2. The van der Waals surface area contributed by atoms with Crippen LogP contribution in [0, 0.1) is 5.41 Å². The van der Waals surface area contributed by atoms with E-state index in [0.717, 1.165) is 0 Å². The molecule has 7 N–H and O–H groups in total. The topological polar surface area (TPSA) is 188 Å². The molecular formula is C14H25NO9. The molecule has 0 aliphatic carbocycles. The monoisotopic (exact) mass is 351 g/mol. The Hall–Kier alpha value is -2.01. The highest BCUT2D eigenvalue weighted by molar-refractivity contribution is 5.86. The molecule has 0 fully saturated rings. The van der Waals surface area contributed by atoms with Gasteiger partial charge in [-0.1, -0.05) is 6.58 Å². The number of aliphatic carboxylic acids is 2. The first-order valence-corrected chi connectivity index (χ1v) is 6.90. The number of rotatable bonds is 10. The van der Waals surface area contributed by atoms with Crippen molar-refractivity contribution in [2.45, 2.75) is 25.8 Å². The fourth-order valence-corrected chi connectivity index (χ4v) is 1.03. The van der Waals surface area contributed by atoms with Crippen LogP contribution in [-0.4, -0.2) is 75.9 Å². The number of hydrogen-bond acceptors (Lipinski definition) is 8. The van der Waals surface area contributed by atoms with E-state index in [4.69, 9.17) is 36.0 Å². The number of ether oxygens (including phenoxy) is 1. The molecule has 140 valence electrons. The van der Waals surface area contributed by atoms with Gasteiger partial charge in [0.25, 0.3) is 0 Å². The van der Waals surface area contributed by atoms with E-state index in [-0.39, 0.29) is 25.0 Å². The highest BCUT2D eigenvalue weighted by Gasteiger charge is 2.30. The summed E-state index contributed by atoms with van der Waals surface area (Å²) in [5.41, 5.74) is 4.06. The van der Waals surface area contributed by atoms with E-state index in [1.165, 1.54) is 6.92 Å². The van der Waals surface area contributed by atoms with Crippen molar-refractivity contribution in [2.24, 2.45) is 11.1 Å². The van der Waals surface area contributed by atoms with Crippen molar-refractivity contribution in [3.8, 4) is 0 Å². The lowest BCUT2D eigenvalue weighted by Gasteiger charge is -2.26. The van der Waals surface area contributed by atoms with Gasteiger partial charge in [-0.05, 0) is 13.3 Å². The second kappa shape index (κ2) is 12.4. The molecule has 0 aromatic heterocycles. The van der Waals surface area contributed by atoms with Gasteiger partial charge in [0.2, 0.25) is 0 Å². The van der Waals surface area contributed by atoms with Gasteiger partial charge in [-0.2, -0.15) is 0 Å². The minimum Gasteiger partial charge on any atom is -0.481 e. The van der Waals surface area contributed by atoms with Crippen LogP contribution >= 0.6 is 0 Å². The van der Waals surface area contributed by atoms with Gasteiger partial charge in [0.15, 0.2) is 0 Å². The van der Waals surface area contributed by atoms with Crippen LogP contribution in [0.1, 0.15) is 19.8 Å². The number of carbonyl (C=O) groups is 3. The Labute approximate surface area is 139 Å². The molecule has 0 aliphatic rings. The molecule has 0 amide bonds. The van der Waals surface area contributed by atoms with Crippen LogP contribution in [0.5, 0.6) is 0 Å². The molecule has 0 aromatic carbocycles. The Bertz CT molecular complexity index is 424. The third-order valence-corrected chi connectivity index (χ3v) is 2.85. The van der Waals surface area contributed by atoms with E-state index in [1.807, 2.05) is 0 Å². The molecule has 10 nitrogen and oxygen atoms in total. The van der Waals surface area contributed by atoms with Crippen LogP contribution in [0.2, 0.25) is 0 Å². The third-order valence-electron chi connectivity index (χ3n) is 2.85. The van der Waals surface area contributed by atoms with E-state index in [0.29, 0.717) is 0 Å². The van der Waals surface area contributed by atoms with Crippen LogP contribution in [0.3, 0.4) is 0 Å². The molecule has 0 unspecified atom stereocenters. The van der Waals surface area contributed by atoms with Gasteiger partial charge in [0.1, 0.15) is 12.6 Å². The highest BCUT2D eigenvalue weighted by Crippen LogP contribution is 2.15. The summed E-state index contributed by atoms with van der Waals surface area (Å²) in [7, 11) is 0. The average Bonchev–Trinajstić information content (AvgIpc) is 2.54. The molecule has 0 spiro atoms. The maximum absolute atomic E-state index is 11.0. The standard InChI is InChI=1S/C9H16O5.C5H9NO4/c1-7(2)8(13)14-6-9(3-10,4-11)5-12;6-3(5(9)10)1-2-4(7)8/h10-12H,1,3-6H2,2H3;3H,1-2,6H2,(H,7,8)(H,9,10)/t;3-/m.0/s1. The summed E-state index contributed by atoms with van der Waals surface area (Å²) in [5, 5.41) is 43.0. The maximum Gasteiger partial charge on any atom is 0.333 e. The van der Waals surface area contributed by atoms with Gasteiger partial charge in [-0.25, -0.2) is 4.79 Å². The zero-order chi connectivity index (χ0) is 19.3. The van der Waals surface area contributed by atoms with Gasteiger partial charge in [0.05, 0.1) is 25.2 Å².